The van der Waals surface area contributed by atoms with Gasteiger partial charge in [-0.05, 0) is 18.8 Å². The number of hydrogen-bond donors (Lipinski definition) is 7. The first-order valence-corrected chi connectivity index (χ1v) is 10.7. The summed E-state index contributed by atoms with van der Waals surface area (Å²) < 4.78 is 0. The summed E-state index contributed by atoms with van der Waals surface area (Å²) in [5, 5.41) is 40.4. The minimum Gasteiger partial charge on any atom is -0.396 e. The van der Waals surface area contributed by atoms with Gasteiger partial charge in [0.1, 0.15) is 0 Å². The molecule has 0 amide bonds. The molecule has 0 saturated carbocycles. The highest BCUT2D eigenvalue weighted by atomic mass is 31.2. The molecule has 0 radical (unpaired) electrons. The van der Waals surface area contributed by atoms with E-state index in [1.807, 2.05) is 18.2 Å². The highest BCUT2D eigenvalue weighted by Crippen LogP contribution is 2.49. The van der Waals surface area contributed by atoms with Gasteiger partial charge in [0.05, 0.1) is 31.3 Å². The van der Waals surface area contributed by atoms with Gasteiger partial charge in [-0.1, -0.05) is 63.8 Å². The number of hydrogen-bond acceptors (Lipinski definition) is 7. The van der Waals surface area contributed by atoms with Gasteiger partial charge in [0, 0.05) is 5.41 Å². The topological polar surface area (TPSA) is 142 Å². The van der Waals surface area contributed by atoms with Crippen LogP contribution in [0.1, 0.15) is 52.4 Å². The van der Waals surface area contributed by atoms with E-state index in [9.17, 15) is 20.4 Å². The number of aliphatic hydroxyl groups is 4. The van der Waals surface area contributed by atoms with Gasteiger partial charge in [0.2, 0.25) is 0 Å². The van der Waals surface area contributed by atoms with E-state index in [2.05, 4.69) is 19.9 Å². The minimum absolute atomic E-state index is 0.151. The Bertz CT molecular complexity index is 427. The fourth-order valence-corrected chi connectivity index (χ4v) is 3.69. The number of unbranched alkanes of at least 4 members (excludes halogenated alkanes) is 2. The van der Waals surface area contributed by atoms with Crippen molar-refractivity contribution in [1.82, 2.24) is 0 Å². The molecule has 0 aromatic rings. The van der Waals surface area contributed by atoms with E-state index >= 15 is 0 Å². The Hall–Kier alpha value is -0.370. The summed E-state index contributed by atoms with van der Waals surface area (Å²) in [6, 6.07) is 0. The average molecular weight is 408 g/mol. The van der Waals surface area contributed by atoms with Crippen LogP contribution < -0.4 is 0 Å². The molecule has 27 heavy (non-hydrogen) atoms. The third-order valence-electron chi connectivity index (χ3n) is 5.42. The Labute approximate surface area is 163 Å². The van der Waals surface area contributed by atoms with Gasteiger partial charge in [0.25, 0.3) is 0 Å². The first-order chi connectivity index (χ1) is 12.8. The van der Waals surface area contributed by atoms with Crippen molar-refractivity contribution in [2.75, 3.05) is 19.8 Å². The molecule has 7 N–H and O–H groups in total. The molecule has 1 rings (SSSR count). The van der Waals surface area contributed by atoms with Gasteiger partial charge in [-0.15, -0.1) is 0 Å². The maximum atomic E-state index is 11.2. The van der Waals surface area contributed by atoms with E-state index in [4.69, 9.17) is 14.7 Å². The summed E-state index contributed by atoms with van der Waals surface area (Å²) in [5.41, 5.74) is -1.83. The van der Waals surface area contributed by atoms with E-state index < -0.39 is 45.4 Å². The lowest BCUT2D eigenvalue weighted by Gasteiger charge is -2.49. The zero-order valence-corrected chi connectivity index (χ0v) is 17.3. The lowest BCUT2D eigenvalue weighted by molar-refractivity contribution is -0.137. The second kappa shape index (κ2) is 13.7. The zero-order valence-electron chi connectivity index (χ0n) is 16.4. The summed E-state index contributed by atoms with van der Waals surface area (Å²) in [6.45, 7) is 2.94. The lowest BCUT2D eigenvalue weighted by Crippen LogP contribution is -2.55. The van der Waals surface area contributed by atoms with Crippen molar-refractivity contribution in [3.63, 3.8) is 0 Å². The Balaban J connectivity index is 0.00000153. The Morgan fingerprint density at radius 1 is 0.963 bits per heavy atom. The average Bonchev–Trinajstić information content (AvgIpc) is 2.66. The molecule has 0 heterocycles. The maximum Gasteiger partial charge on any atom is 0.324 e. The molecular weight excluding hydrogens is 371 g/mol. The smallest absolute Gasteiger partial charge is 0.324 e. The van der Waals surface area contributed by atoms with E-state index in [-0.39, 0.29) is 5.92 Å². The zero-order chi connectivity index (χ0) is 20.9. The highest BCUT2D eigenvalue weighted by molar-refractivity contribution is 7.38. The SMILES string of the molecule is CCCCC1C=CC=CC1(CCCC)C(O)C(CO)(CO)CO.OP(O)O. The highest BCUT2D eigenvalue weighted by Gasteiger charge is 2.51. The van der Waals surface area contributed by atoms with Crippen LogP contribution in [0.25, 0.3) is 0 Å². The fraction of sp³-hybridized carbons (Fsp3) is 0.789. The molecule has 0 spiro atoms. The molecule has 3 atom stereocenters. The summed E-state index contributed by atoms with van der Waals surface area (Å²) >= 11 is 0. The normalized spacial score (nSPS) is 23.3. The second-order valence-electron chi connectivity index (χ2n) is 7.22. The molecule has 0 fully saturated rings. The predicted molar refractivity (Wildman–Crippen MR) is 107 cm³/mol. The van der Waals surface area contributed by atoms with Crippen molar-refractivity contribution in [2.45, 2.75) is 58.5 Å². The summed E-state index contributed by atoms with van der Waals surface area (Å²) in [4.78, 5) is 21.7. The van der Waals surface area contributed by atoms with Crippen molar-refractivity contribution in [1.29, 1.82) is 0 Å². The van der Waals surface area contributed by atoms with Crippen molar-refractivity contribution in [3.8, 4) is 0 Å². The van der Waals surface area contributed by atoms with Crippen molar-refractivity contribution in [2.24, 2.45) is 16.7 Å². The molecular formula is C19H37O7P. The Morgan fingerprint density at radius 2 is 1.48 bits per heavy atom. The second-order valence-corrected chi connectivity index (χ2v) is 7.75. The standard InChI is InChI=1S/C19H34O4.H3O3P/c1-3-5-9-16-10-7-8-12-19(16,11-6-4-2)17(23)18(13-20,14-21)15-22;1-4(2)3/h7-8,10,12,16-17,20-23H,3-6,9,11,13-15H2,1-2H3;1-3H. The van der Waals surface area contributed by atoms with Crippen LogP contribution in [0.3, 0.4) is 0 Å². The molecule has 1 aliphatic carbocycles. The van der Waals surface area contributed by atoms with Crippen LogP contribution in [0.5, 0.6) is 0 Å². The van der Waals surface area contributed by atoms with Gasteiger partial charge in [-0.3, -0.25) is 0 Å². The summed E-state index contributed by atoms with van der Waals surface area (Å²) in [5.74, 6) is 0.151. The number of allylic oxidation sites excluding steroid dienone is 3. The van der Waals surface area contributed by atoms with E-state index in [0.29, 0.717) is 0 Å². The quantitative estimate of drug-likeness (QED) is 0.258. The van der Waals surface area contributed by atoms with Crippen LogP contribution in [0.15, 0.2) is 24.3 Å². The van der Waals surface area contributed by atoms with Crippen LogP contribution in [0, 0.1) is 16.7 Å². The Kier molecular flexibility index (Phi) is 13.6. The van der Waals surface area contributed by atoms with Crippen LogP contribution in [0.2, 0.25) is 0 Å². The van der Waals surface area contributed by atoms with Gasteiger partial charge in [0.15, 0.2) is 0 Å². The summed E-state index contributed by atoms with van der Waals surface area (Å²) in [6.07, 6.45) is 13.0. The molecule has 0 aliphatic heterocycles. The maximum absolute atomic E-state index is 11.2. The van der Waals surface area contributed by atoms with Crippen molar-refractivity contribution >= 4 is 8.60 Å². The molecule has 3 unspecified atom stereocenters. The molecule has 0 aromatic carbocycles. The molecule has 160 valence electrons. The fourth-order valence-electron chi connectivity index (χ4n) is 3.69. The third kappa shape index (κ3) is 7.52. The van der Waals surface area contributed by atoms with Gasteiger partial charge in [-0.2, -0.15) is 0 Å². The largest absolute Gasteiger partial charge is 0.396 e. The predicted octanol–water partition coefficient (Wildman–Crippen LogP) is 1.61. The molecule has 0 saturated heterocycles. The lowest BCUT2D eigenvalue weighted by atomic mass is 9.58. The van der Waals surface area contributed by atoms with E-state index in [1.165, 1.54) is 0 Å². The molecule has 8 heteroatoms. The molecule has 0 aromatic heterocycles. The monoisotopic (exact) mass is 408 g/mol. The molecule has 0 bridgehead atoms. The van der Waals surface area contributed by atoms with Crippen molar-refractivity contribution in [3.05, 3.63) is 24.3 Å². The van der Waals surface area contributed by atoms with Gasteiger partial charge >= 0.3 is 8.60 Å². The van der Waals surface area contributed by atoms with Crippen LogP contribution in [-0.2, 0) is 0 Å². The molecule has 7 nitrogen and oxygen atoms in total. The molecule has 1 aliphatic rings. The van der Waals surface area contributed by atoms with E-state index in [0.717, 1.165) is 38.5 Å². The first-order valence-electron chi connectivity index (χ1n) is 9.53. The van der Waals surface area contributed by atoms with Crippen LogP contribution in [0.4, 0.5) is 0 Å². The number of aliphatic hydroxyl groups excluding tert-OH is 4. The van der Waals surface area contributed by atoms with Gasteiger partial charge < -0.3 is 35.1 Å². The third-order valence-corrected chi connectivity index (χ3v) is 5.42. The first kappa shape index (κ1) is 26.6. The summed E-state index contributed by atoms with van der Waals surface area (Å²) in [7, 11) is -2.62. The van der Waals surface area contributed by atoms with Crippen molar-refractivity contribution < 1.29 is 35.1 Å². The minimum atomic E-state index is -2.62. The van der Waals surface area contributed by atoms with Crippen LogP contribution in [-0.4, -0.2) is 61.0 Å². The van der Waals surface area contributed by atoms with Crippen LogP contribution >= 0.6 is 8.60 Å². The van der Waals surface area contributed by atoms with Gasteiger partial charge in [-0.25, -0.2) is 0 Å². The Morgan fingerprint density at radius 3 is 1.93 bits per heavy atom. The number of rotatable bonds is 11. The van der Waals surface area contributed by atoms with E-state index in [1.54, 1.807) is 0 Å².